The first-order valence-electron chi connectivity index (χ1n) is 13.0. The second-order valence-corrected chi connectivity index (χ2v) is 11.1. The number of nitrogens with one attached hydrogen (secondary N) is 3. The van der Waals surface area contributed by atoms with Gasteiger partial charge in [-0.25, -0.2) is 27.0 Å². The van der Waals surface area contributed by atoms with E-state index in [4.69, 9.17) is 0 Å². The lowest BCUT2D eigenvalue weighted by atomic mass is 10.0. The number of H-pyrrole nitrogens is 1. The lowest BCUT2D eigenvalue weighted by molar-refractivity contribution is -0.138. The zero-order valence-electron chi connectivity index (χ0n) is 23.9. The van der Waals surface area contributed by atoms with Gasteiger partial charge in [0.1, 0.15) is 11.4 Å². The van der Waals surface area contributed by atoms with Crippen molar-refractivity contribution in [2.24, 2.45) is 7.05 Å². The van der Waals surface area contributed by atoms with E-state index in [1.165, 1.54) is 7.05 Å². The van der Waals surface area contributed by atoms with Crippen LogP contribution in [-0.2, 0) is 29.3 Å². The van der Waals surface area contributed by atoms with Crippen LogP contribution >= 0.6 is 0 Å². The molecule has 15 heteroatoms. The summed E-state index contributed by atoms with van der Waals surface area (Å²) in [5.74, 6) is -4.33. The van der Waals surface area contributed by atoms with Crippen LogP contribution in [0.3, 0.4) is 0 Å². The summed E-state index contributed by atoms with van der Waals surface area (Å²) in [6.45, 7) is 5.82. The molecule has 228 valence electrons. The van der Waals surface area contributed by atoms with Crippen LogP contribution in [0.2, 0.25) is 0 Å². The number of aromatic amines is 1. The monoisotopic (exact) mass is 616 g/mol. The first kappa shape index (κ1) is 31.2. The van der Waals surface area contributed by atoms with Gasteiger partial charge in [-0.05, 0) is 44.9 Å². The van der Waals surface area contributed by atoms with Crippen molar-refractivity contribution in [1.82, 2.24) is 19.9 Å². The summed E-state index contributed by atoms with van der Waals surface area (Å²) in [6.07, 6.45) is 2.65. The van der Waals surface area contributed by atoms with Crippen LogP contribution in [0.15, 0.2) is 35.4 Å². The molecule has 43 heavy (non-hydrogen) atoms. The summed E-state index contributed by atoms with van der Waals surface area (Å²) >= 11 is 0. The van der Waals surface area contributed by atoms with Crippen LogP contribution in [0.1, 0.15) is 38.3 Å². The number of nitrogens with zero attached hydrogens (tertiary/aromatic N) is 3. The third-order valence-electron chi connectivity index (χ3n) is 6.91. The van der Waals surface area contributed by atoms with Gasteiger partial charge >= 0.3 is 5.97 Å². The first-order chi connectivity index (χ1) is 20.2. The fourth-order valence-electron chi connectivity index (χ4n) is 5.08. The third kappa shape index (κ3) is 6.21. The van der Waals surface area contributed by atoms with Crippen LogP contribution in [-0.4, -0.2) is 52.5 Å². The van der Waals surface area contributed by atoms with Gasteiger partial charge in [-0.1, -0.05) is 17.7 Å². The predicted octanol–water partition coefficient (Wildman–Crippen LogP) is 2.60. The number of amides is 1. The Balaban J connectivity index is 1.65. The van der Waals surface area contributed by atoms with Crippen molar-refractivity contribution in [3.05, 3.63) is 86.0 Å². The topological polar surface area (TPSA) is 166 Å². The van der Waals surface area contributed by atoms with Crippen molar-refractivity contribution in [2.75, 3.05) is 16.2 Å². The van der Waals surface area contributed by atoms with Gasteiger partial charge in [-0.2, -0.15) is 0 Å². The van der Waals surface area contributed by atoms with Gasteiger partial charge in [-0.15, -0.1) is 0 Å². The number of anilines is 2. The number of carbonyl (C=O) groups is 2. The van der Waals surface area contributed by atoms with E-state index in [2.05, 4.69) is 20.6 Å². The van der Waals surface area contributed by atoms with Crippen LogP contribution in [0.4, 0.5) is 20.4 Å². The highest BCUT2D eigenvalue weighted by Crippen LogP contribution is 2.28. The number of carbonyl (C=O) groups excluding carboxylic acids is 1. The molecular formula is C28H30F2N6O6S. The standard InChI is InChI=1S/C28H30F2N6O6S/c1-13-6-14(2)23(15(3)7-13)36(43(41)42)21(27(39)40)11-31-26(38)19-12-35(5)24-17(25(19)37)8-20(29)18(22(24)30)10-33-28-32-9-16(4)34-28/h6-9,12,21,43H,10-11H2,1-5H3,(H,31,38)(H,39,40)(H2,32,33,34). The zero-order valence-corrected chi connectivity index (χ0v) is 24.8. The van der Waals surface area contributed by atoms with Crippen molar-refractivity contribution >= 4 is 45.3 Å². The number of halogens is 2. The van der Waals surface area contributed by atoms with Crippen LogP contribution in [0, 0.1) is 39.3 Å². The molecule has 4 aromatic rings. The summed E-state index contributed by atoms with van der Waals surface area (Å²) in [6, 6.07) is 2.47. The molecule has 0 saturated carbocycles. The first-order valence-corrected chi connectivity index (χ1v) is 14.1. The smallest absolute Gasteiger partial charge is 0.329 e. The quantitative estimate of drug-likeness (QED) is 0.170. The number of carboxylic acids is 1. The Kier molecular flexibility index (Phi) is 8.85. The van der Waals surface area contributed by atoms with Gasteiger partial charge < -0.3 is 25.3 Å². The molecule has 0 spiro atoms. The Labute approximate surface area is 246 Å². The largest absolute Gasteiger partial charge is 0.480 e. The number of thiol groups is 1. The van der Waals surface area contributed by atoms with E-state index in [-0.39, 0.29) is 23.3 Å². The van der Waals surface area contributed by atoms with Gasteiger partial charge in [0.25, 0.3) is 5.91 Å². The van der Waals surface area contributed by atoms with E-state index in [9.17, 15) is 27.9 Å². The number of imidazole rings is 1. The number of hydrogen-bond donors (Lipinski definition) is 5. The van der Waals surface area contributed by atoms with Crippen molar-refractivity contribution in [2.45, 2.75) is 40.3 Å². The van der Waals surface area contributed by atoms with Crippen molar-refractivity contribution in [1.29, 1.82) is 0 Å². The molecule has 12 nitrogen and oxygen atoms in total. The number of pyridine rings is 1. The fourth-order valence-corrected chi connectivity index (χ4v) is 5.96. The Hall–Kier alpha value is -4.79. The summed E-state index contributed by atoms with van der Waals surface area (Å²) in [5.41, 5.74) is 0.569. The minimum Gasteiger partial charge on any atom is -0.480 e. The molecule has 0 aliphatic heterocycles. The van der Waals surface area contributed by atoms with Gasteiger partial charge in [-0.3, -0.25) is 13.9 Å². The second-order valence-electron chi connectivity index (χ2n) is 10.2. The van der Waals surface area contributed by atoms with E-state index < -0.39 is 63.4 Å². The summed E-state index contributed by atoms with van der Waals surface area (Å²) in [4.78, 5) is 45.4. The van der Waals surface area contributed by atoms with Gasteiger partial charge in [0.15, 0.2) is 11.9 Å². The number of benzene rings is 2. The number of rotatable bonds is 10. The molecule has 0 aliphatic rings. The van der Waals surface area contributed by atoms with E-state index in [1.807, 2.05) is 0 Å². The Morgan fingerprint density at radius 1 is 1.14 bits per heavy atom. The molecule has 0 fully saturated rings. The highest BCUT2D eigenvalue weighted by molar-refractivity contribution is 7.74. The average Bonchev–Trinajstić information content (AvgIpc) is 3.33. The number of fused-ring (bicyclic) bond motifs is 1. The number of aliphatic carboxylic acids is 1. The zero-order chi connectivity index (χ0) is 31.7. The molecule has 0 bridgehead atoms. The maximum Gasteiger partial charge on any atom is 0.329 e. The highest BCUT2D eigenvalue weighted by atomic mass is 32.2. The maximum absolute atomic E-state index is 15.5. The third-order valence-corrected chi connectivity index (χ3v) is 7.74. The molecule has 2 aromatic heterocycles. The van der Waals surface area contributed by atoms with Crippen LogP contribution in [0.5, 0.6) is 0 Å². The summed E-state index contributed by atoms with van der Waals surface area (Å²) in [7, 11) is -2.10. The molecule has 4 rings (SSSR count). The Bertz CT molecular complexity index is 1870. The molecule has 0 saturated heterocycles. The van der Waals surface area contributed by atoms with Crippen molar-refractivity contribution in [3.63, 3.8) is 0 Å². The van der Waals surface area contributed by atoms with Crippen LogP contribution < -0.4 is 20.4 Å². The number of aryl methyl sites for hydroxylation is 5. The molecule has 2 aromatic carbocycles. The molecule has 1 atom stereocenters. The van der Waals surface area contributed by atoms with Gasteiger partial charge in [0.05, 0.1) is 28.8 Å². The van der Waals surface area contributed by atoms with Gasteiger partial charge in [0, 0.05) is 31.5 Å². The summed E-state index contributed by atoms with van der Waals surface area (Å²) in [5, 5.41) is 14.6. The summed E-state index contributed by atoms with van der Waals surface area (Å²) < 4.78 is 56.8. The van der Waals surface area contributed by atoms with Gasteiger partial charge in [0.2, 0.25) is 22.3 Å². The lowest BCUT2D eigenvalue weighted by Gasteiger charge is -2.28. The van der Waals surface area contributed by atoms with E-state index >= 15 is 8.78 Å². The van der Waals surface area contributed by atoms with E-state index in [0.717, 1.165) is 22.4 Å². The lowest BCUT2D eigenvalue weighted by Crippen LogP contribution is -2.49. The molecule has 0 aliphatic carbocycles. The highest BCUT2D eigenvalue weighted by Gasteiger charge is 2.31. The molecule has 0 radical (unpaired) electrons. The SMILES string of the molecule is Cc1cc(C)c(N(C(CNC(=O)c2cn(C)c3c(F)c(CNc4nc(C)c[nH]4)c(F)cc3c2=O)C(=O)O)[SH](=O)=O)c(C)c1. The number of aromatic nitrogens is 3. The average molecular weight is 617 g/mol. The molecular weight excluding hydrogens is 586 g/mol. The predicted molar refractivity (Wildman–Crippen MR) is 157 cm³/mol. The molecule has 4 N–H and O–H groups in total. The number of carboxylic acid groups (broad SMARTS) is 1. The van der Waals surface area contributed by atoms with E-state index in [1.54, 1.807) is 46.0 Å². The Morgan fingerprint density at radius 3 is 2.35 bits per heavy atom. The van der Waals surface area contributed by atoms with Crippen LogP contribution in [0.25, 0.3) is 10.9 Å². The normalized spacial score (nSPS) is 12.0. The molecule has 2 heterocycles. The molecule has 1 unspecified atom stereocenters. The van der Waals surface area contributed by atoms with Crippen molar-refractivity contribution < 1.29 is 31.9 Å². The minimum absolute atomic E-state index is 0.156. The van der Waals surface area contributed by atoms with E-state index in [0.29, 0.717) is 27.1 Å². The van der Waals surface area contributed by atoms with Crippen molar-refractivity contribution in [3.8, 4) is 0 Å². The second kappa shape index (κ2) is 12.2. The fraction of sp³-hybridized carbons (Fsp3) is 0.286. The minimum atomic E-state index is -3.46. The molecule has 1 amide bonds. The Morgan fingerprint density at radius 2 is 1.79 bits per heavy atom. The maximum atomic E-state index is 15.5. The number of hydrogen-bond acceptors (Lipinski definition) is 7.